The second-order valence-corrected chi connectivity index (χ2v) is 5.47. The van der Waals surface area contributed by atoms with E-state index in [0.717, 1.165) is 18.5 Å². The number of hydrogen-bond acceptors (Lipinski definition) is 3. The van der Waals surface area contributed by atoms with Crippen LogP contribution in [0.25, 0.3) is 0 Å². The quantitative estimate of drug-likeness (QED) is 0.631. The SMILES string of the molecule is CNCCC#Cc1cccc(S(C)(=O)=O)c1. The lowest BCUT2D eigenvalue weighted by molar-refractivity contribution is 0.602. The Morgan fingerprint density at radius 3 is 2.75 bits per heavy atom. The van der Waals surface area contributed by atoms with Crippen molar-refractivity contribution in [2.24, 2.45) is 0 Å². The van der Waals surface area contributed by atoms with Crippen LogP contribution < -0.4 is 5.32 Å². The molecule has 0 spiro atoms. The Morgan fingerprint density at radius 2 is 2.12 bits per heavy atom. The molecule has 0 aliphatic heterocycles. The molecule has 0 saturated carbocycles. The largest absolute Gasteiger partial charge is 0.319 e. The predicted molar refractivity (Wildman–Crippen MR) is 65.0 cm³/mol. The molecule has 1 N–H and O–H groups in total. The minimum absolute atomic E-state index is 0.313. The fourth-order valence-electron chi connectivity index (χ4n) is 1.16. The molecule has 0 amide bonds. The molecule has 4 heteroatoms. The van der Waals surface area contributed by atoms with E-state index in [0.29, 0.717) is 4.90 Å². The lowest BCUT2D eigenvalue weighted by atomic mass is 10.2. The summed E-state index contributed by atoms with van der Waals surface area (Å²) in [5.74, 6) is 5.91. The summed E-state index contributed by atoms with van der Waals surface area (Å²) < 4.78 is 22.6. The second-order valence-electron chi connectivity index (χ2n) is 3.46. The Bertz CT molecular complexity index is 509. The predicted octanol–water partition coefficient (Wildman–Crippen LogP) is 1.05. The van der Waals surface area contributed by atoms with Gasteiger partial charge in [0.15, 0.2) is 9.84 Å². The van der Waals surface area contributed by atoms with Gasteiger partial charge in [-0.05, 0) is 25.2 Å². The molecular formula is C12H15NO2S. The Hall–Kier alpha value is -1.31. The van der Waals surface area contributed by atoms with Crippen LogP contribution in [0.5, 0.6) is 0 Å². The molecule has 0 saturated heterocycles. The minimum atomic E-state index is -3.14. The van der Waals surface area contributed by atoms with Crippen molar-refractivity contribution in [3.05, 3.63) is 29.8 Å². The molecule has 0 unspecified atom stereocenters. The maximum Gasteiger partial charge on any atom is 0.175 e. The molecule has 0 bridgehead atoms. The Labute approximate surface area is 96.8 Å². The van der Waals surface area contributed by atoms with Gasteiger partial charge in [-0.25, -0.2) is 8.42 Å². The van der Waals surface area contributed by atoms with Gasteiger partial charge in [0.25, 0.3) is 0 Å². The van der Waals surface area contributed by atoms with Gasteiger partial charge in [-0.15, -0.1) is 0 Å². The summed E-state index contributed by atoms with van der Waals surface area (Å²) in [6.45, 7) is 0.832. The highest BCUT2D eigenvalue weighted by molar-refractivity contribution is 7.90. The zero-order valence-electron chi connectivity index (χ0n) is 9.45. The normalized spacial score (nSPS) is 10.6. The summed E-state index contributed by atoms with van der Waals surface area (Å²) in [6.07, 6.45) is 1.94. The van der Waals surface area contributed by atoms with Gasteiger partial charge in [0, 0.05) is 24.8 Å². The first kappa shape index (κ1) is 12.8. The van der Waals surface area contributed by atoms with Crippen LogP contribution in [0.3, 0.4) is 0 Å². The van der Waals surface area contributed by atoms with Crippen molar-refractivity contribution in [1.82, 2.24) is 5.32 Å². The van der Waals surface area contributed by atoms with Crippen LogP contribution in [0.1, 0.15) is 12.0 Å². The van der Waals surface area contributed by atoms with E-state index in [1.54, 1.807) is 24.3 Å². The third kappa shape index (κ3) is 4.05. The van der Waals surface area contributed by atoms with Crippen LogP contribution in [0.15, 0.2) is 29.2 Å². The minimum Gasteiger partial charge on any atom is -0.319 e. The van der Waals surface area contributed by atoms with E-state index in [-0.39, 0.29) is 0 Å². The van der Waals surface area contributed by atoms with Gasteiger partial charge in [0.05, 0.1) is 4.90 Å². The molecule has 0 fully saturated rings. The van der Waals surface area contributed by atoms with Crippen molar-refractivity contribution in [1.29, 1.82) is 0 Å². The topological polar surface area (TPSA) is 46.2 Å². The molecule has 16 heavy (non-hydrogen) atoms. The summed E-state index contributed by atoms with van der Waals surface area (Å²) in [5.41, 5.74) is 0.735. The zero-order chi connectivity index (χ0) is 12.0. The maximum atomic E-state index is 11.3. The zero-order valence-corrected chi connectivity index (χ0v) is 10.3. The molecule has 0 heterocycles. The monoisotopic (exact) mass is 237 g/mol. The fraction of sp³-hybridized carbons (Fsp3) is 0.333. The number of sulfone groups is 1. The molecule has 86 valence electrons. The molecule has 0 aliphatic rings. The van der Waals surface area contributed by atoms with Crippen molar-refractivity contribution in [2.45, 2.75) is 11.3 Å². The van der Waals surface area contributed by atoms with Gasteiger partial charge in [0.2, 0.25) is 0 Å². The molecule has 0 aromatic heterocycles. The highest BCUT2D eigenvalue weighted by atomic mass is 32.2. The first-order valence-corrected chi connectivity index (χ1v) is 6.87. The highest BCUT2D eigenvalue weighted by Crippen LogP contribution is 2.10. The number of rotatable bonds is 3. The summed E-state index contributed by atoms with van der Waals surface area (Å²) in [4.78, 5) is 0.313. The smallest absolute Gasteiger partial charge is 0.175 e. The number of nitrogens with one attached hydrogen (secondary N) is 1. The fourth-order valence-corrected chi connectivity index (χ4v) is 1.82. The lowest BCUT2D eigenvalue weighted by Gasteiger charge is -1.97. The van der Waals surface area contributed by atoms with Crippen molar-refractivity contribution in [2.75, 3.05) is 19.8 Å². The number of benzene rings is 1. The van der Waals surface area contributed by atoms with Crippen molar-refractivity contribution < 1.29 is 8.42 Å². The summed E-state index contributed by atoms with van der Waals surface area (Å²) in [5, 5.41) is 2.99. The molecule has 1 rings (SSSR count). The summed E-state index contributed by atoms with van der Waals surface area (Å²) >= 11 is 0. The van der Waals surface area contributed by atoms with E-state index in [1.165, 1.54) is 6.26 Å². The molecule has 1 aromatic carbocycles. The molecule has 0 radical (unpaired) electrons. The standard InChI is InChI=1S/C12H15NO2S/c1-13-9-4-3-6-11-7-5-8-12(10-11)16(2,14)15/h5,7-8,10,13H,4,9H2,1-2H3. The first-order valence-electron chi connectivity index (χ1n) is 4.97. The Kier molecular flexibility index (Phi) is 4.53. The lowest BCUT2D eigenvalue weighted by Crippen LogP contribution is -2.05. The molecule has 0 aliphatic carbocycles. The third-order valence-corrected chi connectivity index (χ3v) is 3.11. The van der Waals surface area contributed by atoms with Crippen molar-refractivity contribution in [3.8, 4) is 11.8 Å². The average Bonchev–Trinajstić information content (AvgIpc) is 2.24. The van der Waals surface area contributed by atoms with Gasteiger partial charge in [-0.3, -0.25) is 0 Å². The van der Waals surface area contributed by atoms with E-state index in [9.17, 15) is 8.42 Å². The van der Waals surface area contributed by atoms with Gasteiger partial charge >= 0.3 is 0 Å². The first-order chi connectivity index (χ1) is 7.54. The molecule has 1 aromatic rings. The number of hydrogen-bond donors (Lipinski definition) is 1. The summed E-state index contributed by atoms with van der Waals surface area (Å²) in [6, 6.07) is 6.69. The van der Waals surface area contributed by atoms with Crippen LogP contribution >= 0.6 is 0 Å². The third-order valence-electron chi connectivity index (χ3n) is 1.99. The van der Waals surface area contributed by atoms with E-state index < -0.39 is 9.84 Å². The van der Waals surface area contributed by atoms with E-state index in [4.69, 9.17) is 0 Å². The second kappa shape index (κ2) is 5.69. The van der Waals surface area contributed by atoms with E-state index in [1.807, 2.05) is 7.05 Å². The highest BCUT2D eigenvalue weighted by Gasteiger charge is 2.05. The summed E-state index contributed by atoms with van der Waals surface area (Å²) in [7, 11) is -1.27. The van der Waals surface area contributed by atoms with Crippen molar-refractivity contribution in [3.63, 3.8) is 0 Å². The van der Waals surface area contributed by atoms with Crippen LogP contribution in [-0.4, -0.2) is 28.3 Å². The molecule has 3 nitrogen and oxygen atoms in total. The van der Waals surface area contributed by atoms with Gasteiger partial charge in [-0.1, -0.05) is 17.9 Å². The van der Waals surface area contributed by atoms with Crippen LogP contribution in [-0.2, 0) is 9.84 Å². The maximum absolute atomic E-state index is 11.3. The van der Waals surface area contributed by atoms with Gasteiger partial charge < -0.3 is 5.32 Å². The Balaban J connectivity index is 2.86. The van der Waals surface area contributed by atoms with Crippen LogP contribution in [0, 0.1) is 11.8 Å². The van der Waals surface area contributed by atoms with Crippen LogP contribution in [0.4, 0.5) is 0 Å². The molecular weight excluding hydrogens is 222 g/mol. The van der Waals surface area contributed by atoms with Crippen LogP contribution in [0.2, 0.25) is 0 Å². The Morgan fingerprint density at radius 1 is 1.38 bits per heavy atom. The van der Waals surface area contributed by atoms with E-state index >= 15 is 0 Å². The van der Waals surface area contributed by atoms with E-state index in [2.05, 4.69) is 17.2 Å². The van der Waals surface area contributed by atoms with Gasteiger partial charge in [0.1, 0.15) is 0 Å². The average molecular weight is 237 g/mol. The molecule has 0 atom stereocenters. The van der Waals surface area contributed by atoms with Crippen molar-refractivity contribution >= 4 is 9.84 Å². The van der Waals surface area contributed by atoms with Gasteiger partial charge in [-0.2, -0.15) is 0 Å².